The van der Waals surface area contributed by atoms with Gasteiger partial charge >= 0.3 is 0 Å². The van der Waals surface area contributed by atoms with Gasteiger partial charge in [-0.2, -0.15) is 5.10 Å². The minimum Gasteiger partial charge on any atom is -0.321 e. The average molecular weight is 347 g/mol. The third kappa shape index (κ3) is 3.52. The Labute approximate surface area is 142 Å². The second kappa shape index (κ2) is 6.81. The Bertz CT molecular complexity index is 889. The Morgan fingerprint density at radius 1 is 1.22 bits per heavy atom. The maximum Gasteiger partial charge on any atom is 0.260 e. The zero-order chi connectivity index (χ0) is 16.2. The first kappa shape index (κ1) is 15.5. The zero-order valence-electron chi connectivity index (χ0n) is 11.9. The molecular formula is C16H12Cl2N4O. The van der Waals surface area contributed by atoms with Gasteiger partial charge in [-0.05, 0) is 18.2 Å². The first-order chi connectivity index (χ1) is 11.1. The van der Waals surface area contributed by atoms with Gasteiger partial charge < -0.3 is 4.57 Å². The van der Waals surface area contributed by atoms with Crippen molar-refractivity contribution < 1.29 is 4.79 Å². The standard InChI is InChI=1S/C16H12Cl2N4O/c17-12-5-3-4-11(16(12)18)8-20-21-15(23)9-22-10-19-13-6-1-2-7-14(13)22/h1-8,10H,9H2,(H,21,23)/b20-8+. The van der Waals surface area contributed by atoms with E-state index in [1.54, 1.807) is 29.1 Å². The Morgan fingerprint density at radius 2 is 2.04 bits per heavy atom. The van der Waals surface area contributed by atoms with Crippen molar-refractivity contribution in [1.29, 1.82) is 0 Å². The highest BCUT2D eigenvalue weighted by atomic mass is 35.5. The molecule has 1 aromatic heterocycles. The van der Waals surface area contributed by atoms with E-state index in [1.807, 2.05) is 24.3 Å². The van der Waals surface area contributed by atoms with Crippen LogP contribution in [0.25, 0.3) is 11.0 Å². The van der Waals surface area contributed by atoms with Crippen molar-refractivity contribution in [2.45, 2.75) is 6.54 Å². The highest BCUT2D eigenvalue weighted by molar-refractivity contribution is 6.43. The summed E-state index contributed by atoms with van der Waals surface area (Å²) in [7, 11) is 0. The zero-order valence-corrected chi connectivity index (χ0v) is 13.4. The van der Waals surface area contributed by atoms with Crippen LogP contribution in [0.3, 0.4) is 0 Å². The van der Waals surface area contributed by atoms with Crippen molar-refractivity contribution in [2.75, 3.05) is 0 Å². The number of hydrogen-bond donors (Lipinski definition) is 1. The van der Waals surface area contributed by atoms with Crippen LogP contribution >= 0.6 is 23.2 Å². The Hall–Kier alpha value is -2.37. The summed E-state index contributed by atoms with van der Waals surface area (Å²) in [6.07, 6.45) is 3.08. The van der Waals surface area contributed by atoms with Gasteiger partial charge in [0.2, 0.25) is 0 Å². The fourth-order valence-electron chi connectivity index (χ4n) is 2.12. The van der Waals surface area contributed by atoms with E-state index in [0.717, 1.165) is 11.0 Å². The summed E-state index contributed by atoms with van der Waals surface area (Å²) in [5.74, 6) is -0.262. The SMILES string of the molecule is O=C(Cn1cnc2ccccc21)N/N=C/c1cccc(Cl)c1Cl. The molecule has 0 aliphatic carbocycles. The molecule has 0 saturated heterocycles. The van der Waals surface area contributed by atoms with E-state index in [4.69, 9.17) is 23.2 Å². The fourth-order valence-corrected chi connectivity index (χ4v) is 2.48. The van der Waals surface area contributed by atoms with Gasteiger partial charge in [0.25, 0.3) is 5.91 Å². The molecule has 116 valence electrons. The maximum atomic E-state index is 12.0. The third-order valence-corrected chi connectivity index (χ3v) is 4.05. The first-order valence-corrected chi connectivity index (χ1v) is 7.56. The number of imidazole rings is 1. The number of hydrazone groups is 1. The molecule has 0 saturated carbocycles. The van der Waals surface area contributed by atoms with Crippen LogP contribution in [0.1, 0.15) is 5.56 Å². The van der Waals surface area contributed by atoms with E-state index in [2.05, 4.69) is 15.5 Å². The smallest absolute Gasteiger partial charge is 0.260 e. The Balaban J connectivity index is 1.66. The van der Waals surface area contributed by atoms with Gasteiger partial charge in [0.1, 0.15) is 6.54 Å². The van der Waals surface area contributed by atoms with Crippen LogP contribution in [0, 0.1) is 0 Å². The molecule has 0 atom stereocenters. The quantitative estimate of drug-likeness (QED) is 0.580. The number of nitrogens with zero attached hydrogens (tertiary/aromatic N) is 3. The summed E-state index contributed by atoms with van der Waals surface area (Å²) in [4.78, 5) is 16.2. The molecule has 0 aliphatic rings. The van der Waals surface area contributed by atoms with Gasteiger partial charge in [0.15, 0.2) is 0 Å². The molecule has 0 spiro atoms. The molecular weight excluding hydrogens is 335 g/mol. The lowest BCUT2D eigenvalue weighted by Crippen LogP contribution is -2.22. The number of amides is 1. The van der Waals surface area contributed by atoms with Crippen molar-refractivity contribution in [2.24, 2.45) is 5.10 Å². The second-order valence-electron chi connectivity index (χ2n) is 4.80. The first-order valence-electron chi connectivity index (χ1n) is 6.81. The topological polar surface area (TPSA) is 59.3 Å². The van der Waals surface area contributed by atoms with Gasteiger partial charge in [0, 0.05) is 5.56 Å². The summed E-state index contributed by atoms with van der Waals surface area (Å²) in [5, 5.41) is 4.74. The molecule has 1 amide bonds. The summed E-state index contributed by atoms with van der Waals surface area (Å²) in [5.41, 5.74) is 4.83. The molecule has 0 fully saturated rings. The molecule has 0 radical (unpaired) electrons. The molecule has 1 N–H and O–H groups in total. The van der Waals surface area contributed by atoms with Crippen LogP contribution in [0.15, 0.2) is 53.9 Å². The van der Waals surface area contributed by atoms with Gasteiger partial charge in [-0.1, -0.05) is 47.5 Å². The van der Waals surface area contributed by atoms with E-state index in [9.17, 15) is 4.79 Å². The number of carbonyl (C=O) groups excluding carboxylic acids is 1. The van der Waals surface area contributed by atoms with Crippen LogP contribution in [0.4, 0.5) is 0 Å². The summed E-state index contributed by atoms with van der Waals surface area (Å²) < 4.78 is 1.76. The van der Waals surface area contributed by atoms with Crippen LogP contribution < -0.4 is 5.43 Å². The van der Waals surface area contributed by atoms with E-state index < -0.39 is 0 Å². The molecule has 7 heteroatoms. The minimum atomic E-state index is -0.262. The molecule has 0 unspecified atom stereocenters. The largest absolute Gasteiger partial charge is 0.321 e. The molecule has 3 aromatic rings. The average Bonchev–Trinajstić information content (AvgIpc) is 2.95. The van der Waals surface area contributed by atoms with Gasteiger partial charge in [-0.15, -0.1) is 0 Å². The molecule has 0 aliphatic heterocycles. The lowest BCUT2D eigenvalue weighted by Gasteiger charge is -2.03. The number of fused-ring (bicyclic) bond motifs is 1. The number of aromatic nitrogens is 2. The number of halogens is 2. The molecule has 0 bridgehead atoms. The van der Waals surface area contributed by atoms with Gasteiger partial charge in [-0.3, -0.25) is 4.79 Å². The number of rotatable bonds is 4. The number of nitrogens with one attached hydrogen (secondary N) is 1. The third-order valence-electron chi connectivity index (χ3n) is 3.22. The van der Waals surface area contributed by atoms with Gasteiger partial charge in [0.05, 0.1) is 33.6 Å². The fraction of sp³-hybridized carbons (Fsp3) is 0.0625. The normalized spacial score (nSPS) is 11.2. The van der Waals surface area contributed by atoms with E-state index >= 15 is 0 Å². The van der Waals surface area contributed by atoms with Crippen LogP contribution in [0.2, 0.25) is 10.0 Å². The summed E-state index contributed by atoms with van der Waals surface area (Å²) in [6, 6.07) is 12.8. The van der Waals surface area contributed by atoms with Crippen molar-refractivity contribution >= 4 is 46.4 Å². The van der Waals surface area contributed by atoms with Crippen molar-refractivity contribution in [3.05, 3.63) is 64.4 Å². The predicted molar refractivity (Wildman–Crippen MR) is 91.9 cm³/mol. The monoisotopic (exact) mass is 346 g/mol. The van der Waals surface area contributed by atoms with E-state index in [0.29, 0.717) is 15.6 Å². The highest BCUT2D eigenvalue weighted by Crippen LogP contribution is 2.24. The summed E-state index contributed by atoms with van der Waals surface area (Å²) in [6.45, 7) is 0.126. The van der Waals surface area contributed by atoms with Crippen LogP contribution in [-0.2, 0) is 11.3 Å². The van der Waals surface area contributed by atoms with Crippen molar-refractivity contribution in [1.82, 2.24) is 15.0 Å². The number of carbonyl (C=O) groups is 1. The Kier molecular flexibility index (Phi) is 4.60. The van der Waals surface area contributed by atoms with Crippen molar-refractivity contribution in [3.63, 3.8) is 0 Å². The second-order valence-corrected chi connectivity index (χ2v) is 5.58. The predicted octanol–water partition coefficient (Wildman–Crippen LogP) is 3.49. The lowest BCUT2D eigenvalue weighted by atomic mass is 10.2. The number of para-hydroxylation sites is 2. The maximum absolute atomic E-state index is 12.0. The number of hydrogen-bond acceptors (Lipinski definition) is 3. The molecule has 3 rings (SSSR count). The minimum absolute atomic E-state index is 0.126. The summed E-state index contributed by atoms with van der Waals surface area (Å²) >= 11 is 12.0. The number of benzene rings is 2. The lowest BCUT2D eigenvalue weighted by molar-refractivity contribution is -0.121. The molecule has 23 heavy (non-hydrogen) atoms. The van der Waals surface area contributed by atoms with Crippen LogP contribution in [0.5, 0.6) is 0 Å². The van der Waals surface area contributed by atoms with Crippen LogP contribution in [-0.4, -0.2) is 21.7 Å². The van der Waals surface area contributed by atoms with Gasteiger partial charge in [-0.25, -0.2) is 10.4 Å². The molecule has 5 nitrogen and oxygen atoms in total. The molecule has 1 heterocycles. The molecule has 2 aromatic carbocycles. The van der Waals surface area contributed by atoms with E-state index in [-0.39, 0.29) is 12.5 Å². The Morgan fingerprint density at radius 3 is 2.91 bits per heavy atom. The van der Waals surface area contributed by atoms with E-state index in [1.165, 1.54) is 6.21 Å². The highest BCUT2D eigenvalue weighted by Gasteiger charge is 2.06. The van der Waals surface area contributed by atoms with Crippen molar-refractivity contribution in [3.8, 4) is 0 Å².